The van der Waals surface area contributed by atoms with Crippen molar-refractivity contribution in [2.24, 2.45) is 0 Å². The molecular formula is C21H20FN5. The molecule has 0 unspecified atom stereocenters. The van der Waals surface area contributed by atoms with E-state index in [1.54, 1.807) is 12.1 Å². The van der Waals surface area contributed by atoms with Gasteiger partial charge in [-0.25, -0.2) is 9.37 Å². The Morgan fingerprint density at radius 1 is 1.04 bits per heavy atom. The zero-order valence-electron chi connectivity index (χ0n) is 15.0. The van der Waals surface area contributed by atoms with Gasteiger partial charge in [-0.15, -0.1) is 0 Å². The van der Waals surface area contributed by atoms with Crippen LogP contribution in [0.3, 0.4) is 0 Å². The Hall–Kier alpha value is -3.41. The predicted octanol–water partition coefficient (Wildman–Crippen LogP) is 4.80. The van der Waals surface area contributed by atoms with E-state index in [9.17, 15) is 4.39 Å². The first kappa shape index (κ1) is 17.0. The number of rotatable bonds is 6. The molecule has 6 heteroatoms. The fraction of sp³-hybridized carbons (Fsp3) is 0.143. The van der Waals surface area contributed by atoms with Crippen LogP contribution in [0.15, 0.2) is 60.8 Å². The number of nitrogens with one attached hydrogen (secondary N) is 3. The quantitative estimate of drug-likeness (QED) is 0.461. The third kappa shape index (κ3) is 4.06. The highest BCUT2D eigenvalue weighted by Crippen LogP contribution is 2.19. The number of hydrogen-bond acceptors (Lipinski definition) is 4. The van der Waals surface area contributed by atoms with Crippen LogP contribution < -0.4 is 10.6 Å². The van der Waals surface area contributed by atoms with Gasteiger partial charge in [0.05, 0.1) is 0 Å². The van der Waals surface area contributed by atoms with Crippen molar-refractivity contribution in [1.82, 2.24) is 15.0 Å². The van der Waals surface area contributed by atoms with Crippen LogP contribution in [0.4, 0.5) is 21.8 Å². The third-order valence-electron chi connectivity index (χ3n) is 4.33. The van der Waals surface area contributed by atoms with E-state index in [-0.39, 0.29) is 5.82 Å². The van der Waals surface area contributed by atoms with Gasteiger partial charge in [0.15, 0.2) is 0 Å². The number of halogens is 1. The highest BCUT2D eigenvalue weighted by molar-refractivity contribution is 5.83. The van der Waals surface area contributed by atoms with Crippen LogP contribution in [0.1, 0.15) is 11.3 Å². The summed E-state index contributed by atoms with van der Waals surface area (Å²) in [5.74, 6) is 0.966. The summed E-state index contributed by atoms with van der Waals surface area (Å²) in [6.07, 6.45) is 2.94. The average molecular weight is 361 g/mol. The standard InChI is InChI=1S/C21H20FN5/c1-14-12-20(27-21(25-14)26-17-8-6-16(22)7-9-17)23-11-10-15-13-24-19-5-3-2-4-18(15)19/h2-9,12-13,24H,10-11H2,1H3,(H2,23,25,26,27). The Morgan fingerprint density at radius 2 is 1.85 bits per heavy atom. The molecular weight excluding hydrogens is 341 g/mol. The predicted molar refractivity (Wildman–Crippen MR) is 107 cm³/mol. The van der Waals surface area contributed by atoms with Gasteiger partial charge in [-0.2, -0.15) is 4.98 Å². The van der Waals surface area contributed by atoms with E-state index >= 15 is 0 Å². The normalized spacial score (nSPS) is 10.9. The molecule has 4 rings (SSSR count). The smallest absolute Gasteiger partial charge is 0.229 e. The number of fused-ring (bicyclic) bond motifs is 1. The average Bonchev–Trinajstić information content (AvgIpc) is 3.07. The number of hydrogen-bond donors (Lipinski definition) is 3. The molecule has 0 amide bonds. The van der Waals surface area contributed by atoms with Crippen molar-refractivity contribution in [3.63, 3.8) is 0 Å². The summed E-state index contributed by atoms with van der Waals surface area (Å²) >= 11 is 0. The van der Waals surface area contributed by atoms with Crippen LogP contribution >= 0.6 is 0 Å². The maximum atomic E-state index is 13.0. The fourth-order valence-electron chi connectivity index (χ4n) is 3.04. The van der Waals surface area contributed by atoms with E-state index in [0.29, 0.717) is 5.95 Å². The molecule has 0 bridgehead atoms. The van der Waals surface area contributed by atoms with Gasteiger partial charge in [0, 0.05) is 41.1 Å². The van der Waals surface area contributed by atoms with Gasteiger partial charge in [0.25, 0.3) is 0 Å². The molecule has 0 saturated heterocycles. The number of aromatic nitrogens is 3. The highest BCUT2D eigenvalue weighted by Gasteiger charge is 2.05. The van der Waals surface area contributed by atoms with Gasteiger partial charge in [-0.1, -0.05) is 18.2 Å². The summed E-state index contributed by atoms with van der Waals surface area (Å²) in [7, 11) is 0. The van der Waals surface area contributed by atoms with Gasteiger partial charge >= 0.3 is 0 Å². The van der Waals surface area contributed by atoms with Crippen molar-refractivity contribution >= 4 is 28.4 Å². The largest absolute Gasteiger partial charge is 0.370 e. The minimum absolute atomic E-state index is 0.273. The van der Waals surface area contributed by atoms with Crippen LogP contribution in [-0.2, 0) is 6.42 Å². The van der Waals surface area contributed by atoms with Crippen LogP contribution in [0.5, 0.6) is 0 Å². The second-order valence-electron chi connectivity index (χ2n) is 6.39. The molecule has 0 aliphatic carbocycles. The molecule has 5 nitrogen and oxygen atoms in total. The van der Waals surface area contributed by atoms with Crippen LogP contribution in [0.2, 0.25) is 0 Å². The van der Waals surface area contributed by atoms with Crippen molar-refractivity contribution in [1.29, 1.82) is 0 Å². The Balaban J connectivity index is 1.43. The minimum Gasteiger partial charge on any atom is -0.370 e. The fourth-order valence-corrected chi connectivity index (χ4v) is 3.04. The van der Waals surface area contributed by atoms with Crippen molar-refractivity contribution < 1.29 is 4.39 Å². The molecule has 0 radical (unpaired) electrons. The number of nitrogens with zero attached hydrogens (tertiary/aromatic N) is 2. The van der Waals surface area contributed by atoms with Gasteiger partial charge in [-0.05, 0) is 49.2 Å². The van der Waals surface area contributed by atoms with Crippen molar-refractivity contribution in [3.05, 3.63) is 77.9 Å². The maximum absolute atomic E-state index is 13.0. The first-order chi connectivity index (χ1) is 13.2. The molecule has 0 aliphatic heterocycles. The lowest BCUT2D eigenvalue weighted by Crippen LogP contribution is -2.08. The summed E-state index contributed by atoms with van der Waals surface area (Å²) < 4.78 is 13.0. The van der Waals surface area contributed by atoms with Crippen molar-refractivity contribution in [2.75, 3.05) is 17.2 Å². The molecule has 0 aliphatic rings. The van der Waals surface area contributed by atoms with Gasteiger partial charge in [0.1, 0.15) is 11.6 Å². The van der Waals surface area contributed by atoms with Gasteiger partial charge in [0.2, 0.25) is 5.95 Å². The first-order valence-corrected chi connectivity index (χ1v) is 8.84. The van der Waals surface area contributed by atoms with Crippen LogP contribution in [0, 0.1) is 12.7 Å². The lowest BCUT2D eigenvalue weighted by Gasteiger charge is -2.10. The maximum Gasteiger partial charge on any atom is 0.229 e. The second-order valence-corrected chi connectivity index (χ2v) is 6.39. The summed E-state index contributed by atoms with van der Waals surface area (Å²) in [6, 6.07) is 16.3. The molecule has 27 heavy (non-hydrogen) atoms. The van der Waals surface area contributed by atoms with Crippen LogP contribution in [-0.4, -0.2) is 21.5 Å². The highest BCUT2D eigenvalue weighted by atomic mass is 19.1. The molecule has 136 valence electrons. The van der Waals surface area contributed by atoms with E-state index in [4.69, 9.17) is 0 Å². The molecule has 0 atom stereocenters. The first-order valence-electron chi connectivity index (χ1n) is 8.84. The summed E-state index contributed by atoms with van der Waals surface area (Å²) in [5.41, 5.74) is 4.01. The van der Waals surface area contributed by atoms with E-state index in [1.807, 2.05) is 25.1 Å². The zero-order valence-corrected chi connectivity index (χ0v) is 15.0. The number of benzene rings is 2. The number of anilines is 3. The monoisotopic (exact) mass is 361 g/mol. The van der Waals surface area contributed by atoms with Crippen molar-refractivity contribution in [2.45, 2.75) is 13.3 Å². The lowest BCUT2D eigenvalue weighted by molar-refractivity contribution is 0.628. The van der Waals surface area contributed by atoms with E-state index in [0.717, 1.165) is 35.7 Å². The molecule has 0 saturated carbocycles. The summed E-state index contributed by atoms with van der Waals surface area (Å²) in [6.45, 7) is 2.68. The van der Waals surface area contributed by atoms with E-state index < -0.39 is 0 Å². The minimum atomic E-state index is -0.273. The lowest BCUT2D eigenvalue weighted by atomic mass is 10.1. The Labute approximate surface area is 156 Å². The molecule has 2 aromatic heterocycles. The molecule has 0 spiro atoms. The molecule has 3 N–H and O–H groups in total. The van der Waals surface area contributed by atoms with E-state index in [2.05, 4.69) is 43.9 Å². The van der Waals surface area contributed by atoms with Crippen molar-refractivity contribution in [3.8, 4) is 0 Å². The Bertz CT molecular complexity index is 1060. The second kappa shape index (κ2) is 7.45. The Kier molecular flexibility index (Phi) is 4.70. The van der Waals surface area contributed by atoms with E-state index in [1.165, 1.54) is 23.1 Å². The molecule has 4 aromatic rings. The van der Waals surface area contributed by atoms with Gasteiger partial charge < -0.3 is 15.6 Å². The number of para-hydroxylation sites is 1. The molecule has 0 fully saturated rings. The Morgan fingerprint density at radius 3 is 2.70 bits per heavy atom. The topological polar surface area (TPSA) is 65.6 Å². The van der Waals surface area contributed by atoms with Crippen LogP contribution in [0.25, 0.3) is 10.9 Å². The number of H-pyrrole nitrogens is 1. The molecule has 2 heterocycles. The zero-order chi connectivity index (χ0) is 18.6. The van der Waals surface area contributed by atoms with Gasteiger partial charge in [-0.3, -0.25) is 0 Å². The summed E-state index contributed by atoms with van der Waals surface area (Å²) in [5, 5.41) is 7.71. The summed E-state index contributed by atoms with van der Waals surface area (Å²) in [4.78, 5) is 12.2. The SMILES string of the molecule is Cc1cc(NCCc2c[nH]c3ccccc23)nc(Nc2ccc(F)cc2)n1. The third-order valence-corrected chi connectivity index (χ3v) is 4.33. The number of aryl methyl sites for hydroxylation is 1. The number of aromatic amines is 1. The molecule has 2 aromatic carbocycles.